The lowest BCUT2D eigenvalue weighted by Crippen LogP contribution is -2.57. The van der Waals surface area contributed by atoms with Gasteiger partial charge in [-0.25, -0.2) is 4.79 Å². The van der Waals surface area contributed by atoms with Crippen molar-refractivity contribution in [3.63, 3.8) is 0 Å². The van der Waals surface area contributed by atoms with Crippen molar-refractivity contribution in [1.29, 1.82) is 0 Å². The fraction of sp³-hybridized carbons (Fsp3) is 0.400. The molecule has 0 saturated heterocycles. The van der Waals surface area contributed by atoms with Gasteiger partial charge in [0, 0.05) is 19.0 Å². The van der Waals surface area contributed by atoms with Crippen LogP contribution in [0.5, 0.6) is 0 Å². The Hall–Kier alpha value is -3.35. The standard InChI is InChI=1S/C25H30N2O5/c1-5-27(14-16(2)22(28)29)23(30)25(3,4)26-24(31)32-15-21-19-12-8-6-10-17(19)18-11-7-9-13-20(18)21/h6-13,16,21H,5,14-15H2,1-4H3,(H,26,31)(H,28,29). The van der Waals surface area contributed by atoms with E-state index in [0.29, 0.717) is 6.54 Å². The summed E-state index contributed by atoms with van der Waals surface area (Å²) >= 11 is 0. The van der Waals surface area contributed by atoms with E-state index in [4.69, 9.17) is 9.84 Å². The zero-order valence-electron chi connectivity index (χ0n) is 18.9. The van der Waals surface area contributed by atoms with Crippen molar-refractivity contribution in [3.05, 3.63) is 59.7 Å². The van der Waals surface area contributed by atoms with Crippen LogP contribution in [-0.2, 0) is 14.3 Å². The highest BCUT2D eigenvalue weighted by Gasteiger charge is 2.35. The van der Waals surface area contributed by atoms with E-state index in [2.05, 4.69) is 17.4 Å². The normalized spacial score (nSPS) is 13.6. The molecular formula is C25H30N2O5. The Morgan fingerprint density at radius 3 is 2.09 bits per heavy atom. The molecule has 1 unspecified atom stereocenters. The number of nitrogens with zero attached hydrogens (tertiary/aromatic N) is 1. The average molecular weight is 439 g/mol. The van der Waals surface area contributed by atoms with Crippen LogP contribution in [0.15, 0.2) is 48.5 Å². The number of amides is 2. The van der Waals surface area contributed by atoms with Gasteiger partial charge in [0.05, 0.1) is 5.92 Å². The van der Waals surface area contributed by atoms with Gasteiger partial charge in [-0.2, -0.15) is 0 Å². The fourth-order valence-corrected chi connectivity index (χ4v) is 4.10. The number of carbonyl (C=O) groups excluding carboxylic acids is 2. The number of aliphatic carboxylic acids is 1. The predicted molar refractivity (Wildman–Crippen MR) is 121 cm³/mol. The van der Waals surface area contributed by atoms with E-state index < -0.39 is 23.5 Å². The van der Waals surface area contributed by atoms with Crippen LogP contribution in [0.3, 0.4) is 0 Å². The van der Waals surface area contributed by atoms with Gasteiger partial charge < -0.3 is 20.1 Å². The molecule has 2 aromatic carbocycles. The smallest absolute Gasteiger partial charge is 0.408 e. The summed E-state index contributed by atoms with van der Waals surface area (Å²) in [5, 5.41) is 11.8. The highest BCUT2D eigenvalue weighted by Crippen LogP contribution is 2.44. The number of alkyl carbamates (subject to hydrolysis) is 1. The van der Waals surface area contributed by atoms with Crippen molar-refractivity contribution < 1.29 is 24.2 Å². The third-order valence-corrected chi connectivity index (χ3v) is 5.88. The first-order valence-corrected chi connectivity index (χ1v) is 10.8. The van der Waals surface area contributed by atoms with Crippen LogP contribution in [0.2, 0.25) is 0 Å². The van der Waals surface area contributed by atoms with Crippen molar-refractivity contribution >= 4 is 18.0 Å². The number of hydrogen-bond acceptors (Lipinski definition) is 4. The lowest BCUT2D eigenvalue weighted by atomic mass is 9.98. The van der Waals surface area contributed by atoms with Gasteiger partial charge in [-0.05, 0) is 43.0 Å². The Labute approximate surface area is 188 Å². The Bertz CT molecular complexity index is 971. The van der Waals surface area contributed by atoms with Crippen LogP contribution in [0, 0.1) is 5.92 Å². The summed E-state index contributed by atoms with van der Waals surface area (Å²) in [7, 11) is 0. The maximum absolute atomic E-state index is 12.9. The molecule has 3 rings (SSSR count). The van der Waals surface area contributed by atoms with Gasteiger partial charge in [-0.15, -0.1) is 0 Å². The minimum Gasteiger partial charge on any atom is -0.481 e. The number of carboxylic acid groups (broad SMARTS) is 1. The van der Waals surface area contributed by atoms with Crippen molar-refractivity contribution in [1.82, 2.24) is 10.2 Å². The van der Waals surface area contributed by atoms with E-state index in [-0.39, 0.29) is 25.0 Å². The highest BCUT2D eigenvalue weighted by atomic mass is 16.5. The minimum absolute atomic E-state index is 0.0699. The molecule has 0 spiro atoms. The van der Waals surface area contributed by atoms with Gasteiger partial charge in [0.25, 0.3) is 0 Å². The van der Waals surface area contributed by atoms with Crippen molar-refractivity contribution in [3.8, 4) is 11.1 Å². The Kier molecular flexibility index (Phi) is 6.87. The molecule has 32 heavy (non-hydrogen) atoms. The van der Waals surface area contributed by atoms with Crippen molar-refractivity contribution in [2.45, 2.75) is 39.2 Å². The van der Waals surface area contributed by atoms with Gasteiger partial charge in [0.15, 0.2) is 0 Å². The molecule has 170 valence electrons. The second kappa shape index (κ2) is 9.42. The van der Waals surface area contributed by atoms with Gasteiger partial charge >= 0.3 is 12.1 Å². The topological polar surface area (TPSA) is 95.9 Å². The quantitative estimate of drug-likeness (QED) is 0.652. The Morgan fingerprint density at radius 2 is 1.59 bits per heavy atom. The molecule has 0 heterocycles. The molecule has 0 aliphatic heterocycles. The fourth-order valence-electron chi connectivity index (χ4n) is 4.10. The summed E-state index contributed by atoms with van der Waals surface area (Å²) in [5.74, 6) is -2.11. The number of likely N-dealkylation sites (N-methyl/N-ethyl adjacent to an activating group) is 1. The first-order valence-electron chi connectivity index (χ1n) is 10.8. The van der Waals surface area contributed by atoms with Crippen LogP contribution in [0.1, 0.15) is 44.7 Å². The molecule has 1 aliphatic carbocycles. The average Bonchev–Trinajstić information content (AvgIpc) is 3.08. The largest absolute Gasteiger partial charge is 0.481 e. The van der Waals surface area contributed by atoms with Gasteiger partial charge in [0.2, 0.25) is 5.91 Å². The number of benzene rings is 2. The molecule has 0 aromatic heterocycles. The Balaban J connectivity index is 1.65. The van der Waals surface area contributed by atoms with E-state index in [9.17, 15) is 14.4 Å². The SMILES string of the molecule is CCN(CC(C)C(=O)O)C(=O)C(C)(C)NC(=O)OCC1c2ccccc2-c2ccccc21. The second-order valence-corrected chi connectivity index (χ2v) is 8.66. The summed E-state index contributed by atoms with van der Waals surface area (Å²) < 4.78 is 5.54. The van der Waals surface area contributed by atoms with E-state index in [1.165, 1.54) is 4.90 Å². The number of nitrogens with one attached hydrogen (secondary N) is 1. The second-order valence-electron chi connectivity index (χ2n) is 8.66. The lowest BCUT2D eigenvalue weighted by molar-refractivity contribution is -0.144. The summed E-state index contributed by atoms with van der Waals surface area (Å²) in [6.07, 6.45) is -0.687. The molecule has 7 heteroatoms. The first-order chi connectivity index (χ1) is 15.2. The number of ether oxygens (including phenoxy) is 1. The highest BCUT2D eigenvalue weighted by molar-refractivity contribution is 5.89. The van der Waals surface area contributed by atoms with Gasteiger partial charge in [-0.3, -0.25) is 9.59 Å². The van der Waals surface area contributed by atoms with Crippen LogP contribution >= 0.6 is 0 Å². The van der Waals surface area contributed by atoms with Crippen LogP contribution in [0.25, 0.3) is 11.1 Å². The monoisotopic (exact) mass is 438 g/mol. The molecule has 2 N–H and O–H groups in total. The molecule has 0 radical (unpaired) electrons. The maximum atomic E-state index is 12.9. The third-order valence-electron chi connectivity index (χ3n) is 5.88. The Morgan fingerprint density at radius 1 is 1.06 bits per heavy atom. The summed E-state index contributed by atoms with van der Waals surface area (Å²) in [5.41, 5.74) is 3.25. The van der Waals surface area contributed by atoms with E-state index >= 15 is 0 Å². The van der Waals surface area contributed by atoms with Gasteiger partial charge in [-0.1, -0.05) is 55.5 Å². The molecule has 0 bridgehead atoms. The van der Waals surface area contributed by atoms with Crippen molar-refractivity contribution in [2.24, 2.45) is 5.92 Å². The number of hydrogen-bond donors (Lipinski definition) is 2. The van der Waals surface area contributed by atoms with Crippen LogP contribution < -0.4 is 5.32 Å². The number of carbonyl (C=O) groups is 3. The molecule has 7 nitrogen and oxygen atoms in total. The lowest BCUT2D eigenvalue weighted by Gasteiger charge is -2.32. The molecule has 1 atom stereocenters. The van der Waals surface area contributed by atoms with Crippen molar-refractivity contribution in [2.75, 3.05) is 19.7 Å². The number of fused-ring (bicyclic) bond motifs is 3. The minimum atomic E-state index is -1.24. The van der Waals surface area contributed by atoms with E-state index in [1.54, 1.807) is 27.7 Å². The van der Waals surface area contributed by atoms with Crippen LogP contribution in [-0.4, -0.2) is 53.2 Å². The summed E-state index contributed by atoms with van der Waals surface area (Å²) in [4.78, 5) is 38.1. The predicted octanol–water partition coefficient (Wildman–Crippen LogP) is 3.87. The molecular weight excluding hydrogens is 408 g/mol. The molecule has 0 saturated carbocycles. The van der Waals surface area contributed by atoms with Crippen LogP contribution in [0.4, 0.5) is 4.79 Å². The van der Waals surface area contributed by atoms with E-state index in [0.717, 1.165) is 22.3 Å². The number of carboxylic acids is 1. The summed E-state index contributed by atoms with van der Waals surface area (Å²) in [6, 6.07) is 16.1. The molecule has 2 aromatic rings. The molecule has 2 amide bonds. The maximum Gasteiger partial charge on any atom is 0.408 e. The third kappa shape index (κ3) is 4.77. The van der Waals surface area contributed by atoms with E-state index in [1.807, 2.05) is 36.4 Å². The first kappa shape index (κ1) is 23.3. The molecule has 1 aliphatic rings. The zero-order valence-corrected chi connectivity index (χ0v) is 18.9. The van der Waals surface area contributed by atoms with Gasteiger partial charge in [0.1, 0.15) is 12.1 Å². The molecule has 0 fully saturated rings. The number of rotatable bonds is 8. The summed E-state index contributed by atoms with van der Waals surface area (Å²) in [6.45, 7) is 7.06. The zero-order chi connectivity index (χ0) is 23.5.